The molecule has 0 bridgehead atoms. The Morgan fingerprint density at radius 2 is 1.81 bits per heavy atom. The molecule has 0 aliphatic heterocycles. The number of hydrogen-bond acceptors (Lipinski definition) is 4. The van der Waals surface area contributed by atoms with Crippen molar-refractivity contribution in [1.82, 2.24) is 10.2 Å². The summed E-state index contributed by atoms with van der Waals surface area (Å²) in [7, 11) is 1.62. The van der Waals surface area contributed by atoms with Crippen molar-refractivity contribution in [1.29, 1.82) is 0 Å². The van der Waals surface area contributed by atoms with Crippen LogP contribution in [0.15, 0.2) is 53.4 Å². The van der Waals surface area contributed by atoms with Gasteiger partial charge in [0.15, 0.2) is 0 Å². The fraction of sp³-hybridized carbons (Fsp3) is 0.462. The van der Waals surface area contributed by atoms with E-state index in [4.69, 9.17) is 4.74 Å². The van der Waals surface area contributed by atoms with Crippen molar-refractivity contribution in [3.8, 4) is 5.75 Å². The third kappa shape index (κ3) is 8.23. The van der Waals surface area contributed by atoms with Crippen molar-refractivity contribution < 1.29 is 14.3 Å². The fourth-order valence-electron chi connectivity index (χ4n) is 3.37. The van der Waals surface area contributed by atoms with E-state index in [2.05, 4.69) is 36.5 Å². The van der Waals surface area contributed by atoms with Crippen molar-refractivity contribution >= 4 is 23.6 Å². The molecule has 0 saturated carbocycles. The molecule has 0 heterocycles. The topological polar surface area (TPSA) is 58.6 Å². The highest BCUT2D eigenvalue weighted by molar-refractivity contribution is 7.99. The second-order valence-electron chi connectivity index (χ2n) is 8.95. The summed E-state index contributed by atoms with van der Waals surface area (Å²) in [5, 5.41) is 3.04. The second kappa shape index (κ2) is 12.0. The zero-order chi connectivity index (χ0) is 23.7. The average Bonchev–Trinajstić information content (AvgIpc) is 2.73. The Bertz CT molecular complexity index is 891. The van der Waals surface area contributed by atoms with Gasteiger partial charge >= 0.3 is 0 Å². The number of methoxy groups -OCH3 is 1. The number of benzene rings is 2. The molecule has 32 heavy (non-hydrogen) atoms. The molecule has 0 aliphatic rings. The van der Waals surface area contributed by atoms with E-state index in [9.17, 15) is 9.59 Å². The van der Waals surface area contributed by atoms with E-state index in [1.165, 1.54) is 5.56 Å². The molecule has 1 atom stereocenters. The van der Waals surface area contributed by atoms with Crippen molar-refractivity contribution in [2.75, 3.05) is 12.9 Å². The van der Waals surface area contributed by atoms with Gasteiger partial charge in [-0.2, -0.15) is 0 Å². The molecule has 0 radical (unpaired) electrons. The number of rotatable bonds is 10. The Kier molecular flexibility index (Phi) is 9.63. The van der Waals surface area contributed by atoms with Crippen LogP contribution in [0, 0.1) is 6.92 Å². The number of nitrogens with one attached hydrogen (secondary N) is 1. The Morgan fingerprint density at radius 1 is 1.12 bits per heavy atom. The van der Waals surface area contributed by atoms with E-state index in [0.717, 1.165) is 16.2 Å². The molecule has 2 aromatic carbocycles. The number of carbonyl (C=O) groups excluding carboxylic acids is 2. The molecule has 174 valence electrons. The quantitative estimate of drug-likeness (QED) is 0.499. The first-order chi connectivity index (χ1) is 15.1. The van der Waals surface area contributed by atoms with E-state index < -0.39 is 6.04 Å². The van der Waals surface area contributed by atoms with Crippen LogP contribution in [0.3, 0.4) is 0 Å². The highest BCUT2D eigenvalue weighted by Gasteiger charge is 2.30. The third-order valence-electron chi connectivity index (χ3n) is 4.98. The number of aryl methyl sites for hydroxylation is 1. The van der Waals surface area contributed by atoms with Gasteiger partial charge < -0.3 is 15.0 Å². The monoisotopic (exact) mass is 456 g/mol. The lowest BCUT2D eigenvalue weighted by molar-refractivity contribution is -0.141. The van der Waals surface area contributed by atoms with Crippen molar-refractivity contribution in [2.24, 2.45) is 0 Å². The summed E-state index contributed by atoms with van der Waals surface area (Å²) in [5.41, 5.74) is 1.78. The smallest absolute Gasteiger partial charge is 0.243 e. The normalized spacial score (nSPS) is 12.2. The van der Waals surface area contributed by atoms with Crippen molar-refractivity contribution in [3.63, 3.8) is 0 Å². The Morgan fingerprint density at radius 3 is 2.41 bits per heavy atom. The van der Waals surface area contributed by atoms with Gasteiger partial charge in [-0.15, -0.1) is 11.8 Å². The number of hydrogen-bond donors (Lipinski definition) is 1. The van der Waals surface area contributed by atoms with E-state index in [1.807, 2.05) is 52.0 Å². The summed E-state index contributed by atoms with van der Waals surface area (Å²) in [6.07, 6.45) is 0.907. The Labute approximate surface area is 196 Å². The van der Waals surface area contributed by atoms with Crippen LogP contribution in [0.5, 0.6) is 5.75 Å². The van der Waals surface area contributed by atoms with Crippen LogP contribution in [0.25, 0.3) is 0 Å². The SMILES string of the molecule is CC[C@@H](C(=O)NC(C)(C)C)N(Cc1cccc(OC)c1)C(=O)CCSc1ccc(C)cc1. The summed E-state index contributed by atoms with van der Waals surface area (Å²) < 4.78 is 5.33. The van der Waals surface area contributed by atoms with Crippen LogP contribution in [-0.2, 0) is 16.1 Å². The van der Waals surface area contributed by atoms with E-state index in [-0.39, 0.29) is 17.4 Å². The molecule has 1 N–H and O–H groups in total. The predicted octanol–water partition coefficient (Wildman–Crippen LogP) is 5.21. The van der Waals surface area contributed by atoms with E-state index >= 15 is 0 Å². The summed E-state index contributed by atoms with van der Waals surface area (Å²) in [5.74, 6) is 1.25. The molecule has 2 aromatic rings. The Hall–Kier alpha value is -2.47. The van der Waals surface area contributed by atoms with Crippen LogP contribution in [-0.4, -0.2) is 41.2 Å². The summed E-state index contributed by atoms with van der Waals surface area (Å²) in [6, 6.07) is 15.4. The van der Waals surface area contributed by atoms with Crippen molar-refractivity contribution in [2.45, 2.75) is 70.5 Å². The van der Waals surface area contributed by atoms with Crippen LogP contribution in [0.1, 0.15) is 51.7 Å². The van der Waals surface area contributed by atoms with Gasteiger partial charge in [0.1, 0.15) is 11.8 Å². The van der Waals surface area contributed by atoms with Crippen LogP contribution >= 0.6 is 11.8 Å². The first kappa shape index (κ1) is 25.8. The van der Waals surface area contributed by atoms with Crippen molar-refractivity contribution in [3.05, 3.63) is 59.7 Å². The largest absolute Gasteiger partial charge is 0.497 e. The maximum absolute atomic E-state index is 13.3. The third-order valence-corrected chi connectivity index (χ3v) is 5.99. The van der Waals surface area contributed by atoms with Gasteiger partial charge in [-0.3, -0.25) is 9.59 Å². The summed E-state index contributed by atoms with van der Waals surface area (Å²) in [4.78, 5) is 29.2. The summed E-state index contributed by atoms with van der Waals surface area (Å²) >= 11 is 1.66. The van der Waals surface area contributed by atoms with Gasteiger partial charge in [-0.1, -0.05) is 36.8 Å². The number of thioether (sulfide) groups is 1. The molecular formula is C26H36N2O3S. The van der Waals surface area contributed by atoms with E-state index in [0.29, 0.717) is 25.1 Å². The number of ether oxygens (including phenoxy) is 1. The molecule has 0 spiro atoms. The Balaban J connectivity index is 2.17. The first-order valence-corrected chi connectivity index (χ1v) is 12.1. The van der Waals surface area contributed by atoms with Gasteiger partial charge in [0, 0.05) is 29.2 Å². The number of carbonyl (C=O) groups is 2. The van der Waals surface area contributed by atoms with Crippen LogP contribution in [0.4, 0.5) is 0 Å². The minimum atomic E-state index is -0.530. The molecule has 0 fully saturated rings. The summed E-state index contributed by atoms with van der Waals surface area (Å²) in [6.45, 7) is 10.2. The molecule has 0 unspecified atom stereocenters. The zero-order valence-electron chi connectivity index (χ0n) is 20.1. The van der Waals surface area contributed by atoms with Gasteiger partial charge in [0.05, 0.1) is 7.11 Å². The van der Waals surface area contributed by atoms with Gasteiger partial charge in [-0.05, 0) is 63.9 Å². The lowest BCUT2D eigenvalue weighted by Gasteiger charge is -2.33. The highest BCUT2D eigenvalue weighted by atomic mass is 32.2. The standard InChI is InChI=1S/C26H36N2O3S/c1-7-23(25(30)27-26(3,4)5)28(18-20-9-8-10-21(17-20)31-6)24(29)15-16-32-22-13-11-19(2)12-14-22/h8-14,17,23H,7,15-16,18H2,1-6H3,(H,27,30)/t23-/m0/s1. The predicted molar refractivity (Wildman–Crippen MR) is 132 cm³/mol. The van der Waals surface area contributed by atoms with Gasteiger partial charge in [0.2, 0.25) is 11.8 Å². The molecule has 2 rings (SSSR count). The minimum absolute atomic E-state index is 0.0247. The highest BCUT2D eigenvalue weighted by Crippen LogP contribution is 2.22. The van der Waals surface area contributed by atoms with Crippen LogP contribution in [0.2, 0.25) is 0 Å². The maximum Gasteiger partial charge on any atom is 0.243 e. The van der Waals surface area contributed by atoms with Gasteiger partial charge in [-0.25, -0.2) is 0 Å². The number of nitrogens with zero attached hydrogens (tertiary/aromatic N) is 1. The molecule has 0 aliphatic carbocycles. The molecule has 6 heteroatoms. The molecular weight excluding hydrogens is 420 g/mol. The van der Waals surface area contributed by atoms with E-state index in [1.54, 1.807) is 23.8 Å². The lowest BCUT2D eigenvalue weighted by atomic mass is 10.1. The fourth-order valence-corrected chi connectivity index (χ4v) is 4.22. The molecule has 2 amide bonds. The van der Waals surface area contributed by atoms with Crippen LogP contribution < -0.4 is 10.1 Å². The zero-order valence-corrected chi connectivity index (χ0v) is 20.9. The minimum Gasteiger partial charge on any atom is -0.497 e. The number of amides is 2. The molecule has 0 saturated heterocycles. The average molecular weight is 457 g/mol. The second-order valence-corrected chi connectivity index (χ2v) is 10.1. The first-order valence-electron chi connectivity index (χ1n) is 11.1. The lowest BCUT2D eigenvalue weighted by Crippen LogP contribution is -2.53. The molecule has 5 nitrogen and oxygen atoms in total. The van der Waals surface area contributed by atoms with Gasteiger partial charge in [0.25, 0.3) is 0 Å². The molecule has 0 aromatic heterocycles. The maximum atomic E-state index is 13.3.